The van der Waals surface area contributed by atoms with Gasteiger partial charge in [-0.15, -0.1) is 0 Å². The van der Waals surface area contributed by atoms with Crippen molar-refractivity contribution in [2.45, 2.75) is 25.4 Å². The van der Waals surface area contributed by atoms with Crippen LogP contribution in [0.25, 0.3) is 0 Å². The van der Waals surface area contributed by atoms with Crippen LogP contribution < -0.4 is 10.6 Å². The zero-order valence-electron chi connectivity index (χ0n) is 9.40. The van der Waals surface area contributed by atoms with Gasteiger partial charge in [-0.05, 0) is 25.4 Å². The number of carboxylic acids is 1. The molecule has 0 aliphatic heterocycles. The van der Waals surface area contributed by atoms with Crippen LogP contribution in [0.15, 0.2) is 0 Å². The lowest BCUT2D eigenvalue weighted by Gasteiger charge is -2.16. The van der Waals surface area contributed by atoms with Crippen LogP contribution in [0.5, 0.6) is 0 Å². The molecular formula is C9H18N2O4S. The summed E-state index contributed by atoms with van der Waals surface area (Å²) in [4.78, 5) is 21.8. The molecule has 0 bridgehead atoms. The molecule has 0 aromatic rings. The Morgan fingerprint density at radius 3 is 2.44 bits per heavy atom. The lowest BCUT2D eigenvalue weighted by Crippen LogP contribution is -2.50. The molecule has 16 heavy (non-hydrogen) atoms. The summed E-state index contributed by atoms with van der Waals surface area (Å²) >= 11 is 1.67. The van der Waals surface area contributed by atoms with E-state index in [4.69, 9.17) is 10.2 Å². The fourth-order valence-corrected chi connectivity index (χ4v) is 1.57. The summed E-state index contributed by atoms with van der Waals surface area (Å²) in [5.41, 5.74) is 0. The summed E-state index contributed by atoms with van der Waals surface area (Å²) in [6.45, 7) is 1.21. The summed E-state index contributed by atoms with van der Waals surface area (Å²) in [5, 5.41) is 22.0. The van der Waals surface area contributed by atoms with Crippen LogP contribution in [0.3, 0.4) is 0 Å². The summed E-state index contributed by atoms with van der Waals surface area (Å²) in [7, 11) is 0. The number of urea groups is 1. The van der Waals surface area contributed by atoms with Crippen molar-refractivity contribution >= 4 is 23.8 Å². The number of carboxylic acid groups (broad SMARTS) is 1. The molecule has 0 radical (unpaired) electrons. The zero-order chi connectivity index (χ0) is 12.6. The standard InChI is InChI=1S/C9H18N2O4S/c1-6(3-4-16-2)10-9(15)11-7(5-12)8(13)14/h6-7,12H,3-5H2,1-2H3,(H,13,14)(H2,10,11,15). The third-order valence-electron chi connectivity index (χ3n) is 1.92. The lowest BCUT2D eigenvalue weighted by atomic mass is 10.2. The predicted molar refractivity (Wildman–Crippen MR) is 62.6 cm³/mol. The molecule has 0 saturated carbocycles. The van der Waals surface area contributed by atoms with Gasteiger partial charge in [-0.1, -0.05) is 0 Å². The van der Waals surface area contributed by atoms with Gasteiger partial charge in [0.05, 0.1) is 6.61 Å². The Morgan fingerprint density at radius 2 is 2.00 bits per heavy atom. The molecule has 4 N–H and O–H groups in total. The predicted octanol–water partition coefficient (Wildman–Crippen LogP) is -0.127. The lowest BCUT2D eigenvalue weighted by molar-refractivity contribution is -0.140. The van der Waals surface area contributed by atoms with E-state index >= 15 is 0 Å². The molecule has 0 fully saturated rings. The van der Waals surface area contributed by atoms with E-state index in [-0.39, 0.29) is 6.04 Å². The number of hydrogen-bond acceptors (Lipinski definition) is 4. The van der Waals surface area contributed by atoms with E-state index in [1.165, 1.54) is 0 Å². The normalized spacial score (nSPS) is 13.9. The molecule has 2 atom stereocenters. The maximum absolute atomic E-state index is 11.3. The molecule has 94 valence electrons. The van der Waals surface area contributed by atoms with Crippen molar-refractivity contribution in [2.24, 2.45) is 0 Å². The van der Waals surface area contributed by atoms with Gasteiger partial charge >= 0.3 is 12.0 Å². The van der Waals surface area contributed by atoms with Crippen molar-refractivity contribution in [3.05, 3.63) is 0 Å². The van der Waals surface area contributed by atoms with Crippen LogP contribution in [0.4, 0.5) is 4.79 Å². The molecule has 0 aliphatic carbocycles. The third kappa shape index (κ3) is 6.52. The Balaban J connectivity index is 3.92. The van der Waals surface area contributed by atoms with E-state index in [9.17, 15) is 9.59 Å². The van der Waals surface area contributed by atoms with Crippen LogP contribution in [0.2, 0.25) is 0 Å². The van der Waals surface area contributed by atoms with Crippen molar-refractivity contribution in [2.75, 3.05) is 18.6 Å². The Bertz CT molecular complexity index is 238. The Kier molecular flexibility index (Phi) is 7.74. The van der Waals surface area contributed by atoms with Gasteiger partial charge in [0, 0.05) is 6.04 Å². The summed E-state index contributed by atoms with van der Waals surface area (Å²) in [5.74, 6) is -0.335. The van der Waals surface area contributed by atoms with Crippen molar-refractivity contribution in [3.8, 4) is 0 Å². The van der Waals surface area contributed by atoms with Gasteiger partial charge in [0.1, 0.15) is 0 Å². The second-order valence-corrected chi connectivity index (χ2v) is 4.36. The van der Waals surface area contributed by atoms with Gasteiger partial charge in [-0.3, -0.25) is 0 Å². The fourth-order valence-electron chi connectivity index (χ4n) is 0.976. The second kappa shape index (κ2) is 8.23. The minimum Gasteiger partial charge on any atom is -0.480 e. The topological polar surface area (TPSA) is 98.7 Å². The van der Waals surface area contributed by atoms with E-state index in [0.29, 0.717) is 0 Å². The van der Waals surface area contributed by atoms with Crippen LogP contribution in [-0.2, 0) is 4.79 Å². The molecule has 6 nitrogen and oxygen atoms in total. The summed E-state index contributed by atoms with van der Waals surface area (Å²) < 4.78 is 0. The minimum absolute atomic E-state index is 0.0272. The molecule has 2 unspecified atom stereocenters. The number of aliphatic carboxylic acids is 1. The first kappa shape index (κ1) is 15.0. The Morgan fingerprint density at radius 1 is 1.38 bits per heavy atom. The van der Waals surface area contributed by atoms with Gasteiger partial charge in [0.25, 0.3) is 0 Å². The first-order chi connectivity index (χ1) is 7.51. The van der Waals surface area contributed by atoms with Crippen LogP contribution in [0, 0.1) is 0 Å². The van der Waals surface area contributed by atoms with E-state index in [0.717, 1.165) is 12.2 Å². The molecule has 2 amide bonds. The molecule has 0 spiro atoms. The first-order valence-corrected chi connectivity index (χ1v) is 6.30. The van der Waals surface area contributed by atoms with Gasteiger partial charge in [0.15, 0.2) is 6.04 Å². The van der Waals surface area contributed by atoms with Gasteiger partial charge in [-0.2, -0.15) is 11.8 Å². The molecular weight excluding hydrogens is 232 g/mol. The van der Waals surface area contributed by atoms with E-state index < -0.39 is 24.6 Å². The minimum atomic E-state index is -1.26. The molecule has 0 rings (SSSR count). The number of amides is 2. The number of carbonyl (C=O) groups excluding carboxylic acids is 1. The van der Waals surface area contributed by atoms with Crippen LogP contribution >= 0.6 is 11.8 Å². The highest BCUT2D eigenvalue weighted by Crippen LogP contribution is 1.99. The molecule has 0 saturated heterocycles. The maximum Gasteiger partial charge on any atom is 0.328 e. The van der Waals surface area contributed by atoms with Crippen molar-refractivity contribution in [3.63, 3.8) is 0 Å². The van der Waals surface area contributed by atoms with Crippen molar-refractivity contribution in [1.82, 2.24) is 10.6 Å². The number of rotatable bonds is 7. The zero-order valence-corrected chi connectivity index (χ0v) is 10.2. The van der Waals surface area contributed by atoms with Crippen molar-refractivity contribution < 1.29 is 19.8 Å². The summed E-state index contributed by atoms with van der Waals surface area (Å²) in [6.07, 6.45) is 2.78. The molecule has 0 aromatic heterocycles. The highest BCUT2D eigenvalue weighted by Gasteiger charge is 2.19. The highest BCUT2D eigenvalue weighted by atomic mass is 32.2. The average molecular weight is 250 g/mol. The second-order valence-electron chi connectivity index (χ2n) is 3.37. The number of aliphatic hydroxyl groups excluding tert-OH is 1. The summed E-state index contributed by atoms with van der Waals surface area (Å²) in [6, 6.07) is -1.86. The smallest absolute Gasteiger partial charge is 0.328 e. The molecule has 0 aliphatic rings. The number of nitrogens with one attached hydrogen (secondary N) is 2. The quantitative estimate of drug-likeness (QED) is 0.504. The number of thioether (sulfide) groups is 1. The van der Waals surface area contributed by atoms with Gasteiger partial charge < -0.3 is 20.8 Å². The Labute approximate surface area is 98.8 Å². The van der Waals surface area contributed by atoms with Crippen LogP contribution in [-0.4, -0.2) is 52.9 Å². The SMILES string of the molecule is CSCCC(C)NC(=O)NC(CO)C(=O)O. The van der Waals surface area contributed by atoms with E-state index in [1.54, 1.807) is 11.8 Å². The van der Waals surface area contributed by atoms with Crippen molar-refractivity contribution in [1.29, 1.82) is 0 Å². The molecule has 7 heteroatoms. The average Bonchev–Trinajstić information content (AvgIpc) is 2.22. The molecule has 0 aromatic carbocycles. The fraction of sp³-hybridized carbons (Fsp3) is 0.778. The largest absolute Gasteiger partial charge is 0.480 e. The number of hydrogen-bond donors (Lipinski definition) is 4. The monoisotopic (exact) mass is 250 g/mol. The van der Waals surface area contributed by atoms with Crippen LogP contribution in [0.1, 0.15) is 13.3 Å². The van der Waals surface area contributed by atoms with E-state index in [2.05, 4.69) is 10.6 Å². The van der Waals surface area contributed by atoms with Gasteiger partial charge in [0.2, 0.25) is 0 Å². The van der Waals surface area contributed by atoms with Gasteiger partial charge in [-0.25, -0.2) is 9.59 Å². The third-order valence-corrected chi connectivity index (χ3v) is 2.56. The number of carbonyl (C=O) groups is 2. The highest BCUT2D eigenvalue weighted by molar-refractivity contribution is 7.98. The van der Waals surface area contributed by atoms with E-state index in [1.807, 2.05) is 13.2 Å². The Hall–Kier alpha value is -0.950. The first-order valence-electron chi connectivity index (χ1n) is 4.90. The number of aliphatic hydroxyl groups is 1. The maximum atomic E-state index is 11.3. The molecule has 0 heterocycles.